The third-order valence-corrected chi connectivity index (χ3v) is 0.643. The van der Waals surface area contributed by atoms with Gasteiger partial charge in [-0.1, -0.05) is 0 Å². The maximum atomic E-state index is 5.05. The van der Waals surface area contributed by atoms with Gasteiger partial charge in [0.2, 0.25) is 0 Å². The van der Waals surface area contributed by atoms with Crippen molar-refractivity contribution in [3.05, 3.63) is 0 Å². The second kappa shape index (κ2) is 22.6. The van der Waals surface area contributed by atoms with Crippen LogP contribution >= 0.6 is 69.6 Å². The van der Waals surface area contributed by atoms with Crippen LogP contribution in [0.1, 0.15) is 6.92 Å². The van der Waals surface area contributed by atoms with E-state index in [9.17, 15) is 0 Å². The number of hydrogen-bond donors (Lipinski definition) is 0. The first kappa shape index (κ1) is 18.5. The van der Waals surface area contributed by atoms with E-state index in [0.717, 1.165) is 0 Å². The average Bonchev–Trinajstić information content (AvgIpc) is 1.88. The Kier molecular flexibility index (Phi) is 38.0. The van der Waals surface area contributed by atoms with Crippen LogP contribution in [-0.2, 0) is 0 Å². The van der Waals surface area contributed by atoms with Crippen LogP contribution in [0.25, 0.3) is 0 Å². The van der Waals surface area contributed by atoms with Crippen molar-refractivity contribution in [1.82, 2.24) is 0 Å². The summed E-state index contributed by atoms with van der Waals surface area (Å²) in [5, 5.41) is 0.194. The third-order valence-electron chi connectivity index (χ3n) is 0.0714. The van der Waals surface area contributed by atoms with Gasteiger partial charge in [-0.25, -0.2) is 0 Å². The zero-order valence-electron chi connectivity index (χ0n) is 5.97. The number of hydrogen-bond acceptors (Lipinski definition) is 0. The molecule has 0 unspecified atom stereocenters. The minimum absolute atomic E-state index is 0.194. The second-order valence-electron chi connectivity index (χ2n) is 0.998. The van der Waals surface area contributed by atoms with E-state index in [-0.39, 0.29) is 10.2 Å². The van der Waals surface area contributed by atoms with E-state index >= 15 is 0 Å². The highest BCUT2D eigenvalue weighted by molar-refractivity contribution is 6.43. The lowest BCUT2D eigenvalue weighted by molar-refractivity contribution is 1.39. The van der Waals surface area contributed by atoms with Gasteiger partial charge in [-0.3, -0.25) is 0 Å². The van der Waals surface area contributed by atoms with Gasteiger partial charge in [0.15, 0.2) is 0 Å². The third kappa shape index (κ3) is 148. The molecule has 0 fully saturated rings. The van der Waals surface area contributed by atoms with E-state index in [2.05, 4.69) is 0 Å². The van der Waals surface area contributed by atoms with Gasteiger partial charge in [-0.2, -0.15) is 0 Å². The highest BCUT2D eigenvalue weighted by Gasteiger charge is 1.75. The van der Waals surface area contributed by atoms with Crippen molar-refractivity contribution in [3.8, 4) is 0 Å². The lowest BCUT2D eigenvalue weighted by Gasteiger charge is -1.72. The van der Waals surface area contributed by atoms with E-state index in [1.807, 2.05) is 0 Å². The van der Waals surface area contributed by atoms with Crippen LogP contribution < -0.4 is 0 Å². The first-order valence-electron chi connectivity index (χ1n) is 2.58. The molecule has 0 atom stereocenters. The van der Waals surface area contributed by atoms with Crippen molar-refractivity contribution in [2.24, 2.45) is 0 Å². The SMILES string of the molecule is CC(Cl)Cl.ClCCCl.ClCCl. The monoisotopic (exact) mass is 280 g/mol. The predicted molar refractivity (Wildman–Crippen MR) is 59.2 cm³/mol. The quantitative estimate of drug-likeness (QED) is 0.612. The summed E-state index contributed by atoms with van der Waals surface area (Å²) in [6, 6.07) is 0. The molecule has 72 valence electrons. The summed E-state index contributed by atoms with van der Waals surface area (Å²) in [5.41, 5.74) is 0. The van der Waals surface area contributed by atoms with Gasteiger partial charge in [0, 0.05) is 11.8 Å². The van der Waals surface area contributed by atoms with E-state index in [1.54, 1.807) is 6.92 Å². The number of rotatable bonds is 1. The molecule has 11 heavy (non-hydrogen) atoms. The Morgan fingerprint density at radius 1 is 0.909 bits per heavy atom. The summed E-state index contributed by atoms with van der Waals surface area (Å²) in [6.45, 7) is 1.70. The predicted octanol–water partition coefficient (Wildman–Crippen LogP) is 4.70. The first-order valence-corrected chi connectivity index (χ1v) is 5.59. The molecule has 0 heterocycles. The van der Waals surface area contributed by atoms with E-state index < -0.39 is 0 Å². The fourth-order valence-corrected chi connectivity index (χ4v) is 0. The fourth-order valence-electron chi connectivity index (χ4n) is 0. The zero-order valence-corrected chi connectivity index (χ0v) is 10.5. The maximum absolute atomic E-state index is 5.05. The van der Waals surface area contributed by atoms with Gasteiger partial charge >= 0.3 is 0 Å². The van der Waals surface area contributed by atoms with Gasteiger partial charge in [-0.15, -0.1) is 69.6 Å². The molecule has 0 nitrogen and oxygen atoms in total. The van der Waals surface area contributed by atoms with E-state index in [0.29, 0.717) is 11.8 Å². The molecule has 6 heteroatoms. The second-order valence-corrected chi connectivity index (χ2v) is 4.09. The summed E-state index contributed by atoms with van der Waals surface area (Å²) < 4.78 is 0. The van der Waals surface area contributed by atoms with Gasteiger partial charge in [0.1, 0.15) is 4.84 Å². The van der Waals surface area contributed by atoms with Crippen LogP contribution in [0.2, 0.25) is 0 Å². The highest BCUT2D eigenvalue weighted by Crippen LogP contribution is 1.95. The highest BCUT2D eigenvalue weighted by atomic mass is 35.5. The Hall–Kier alpha value is 1.74. The van der Waals surface area contributed by atoms with Crippen molar-refractivity contribution >= 4 is 69.6 Å². The average molecular weight is 283 g/mol. The molecule has 0 spiro atoms. The lowest BCUT2D eigenvalue weighted by atomic mass is 11.0. The Morgan fingerprint density at radius 3 is 1.00 bits per heavy atom. The zero-order chi connectivity index (χ0) is 9.70. The van der Waals surface area contributed by atoms with Gasteiger partial charge in [0.25, 0.3) is 0 Å². The van der Waals surface area contributed by atoms with Crippen molar-refractivity contribution in [3.63, 3.8) is 0 Å². The fraction of sp³-hybridized carbons (Fsp3) is 1.00. The Bertz CT molecular complexity index is 35.2. The molecule has 0 aromatic carbocycles. The smallest absolute Gasteiger partial charge is 0.105 e. The van der Waals surface area contributed by atoms with Crippen molar-refractivity contribution in [2.45, 2.75) is 11.8 Å². The topological polar surface area (TPSA) is 0 Å². The van der Waals surface area contributed by atoms with E-state index in [1.165, 1.54) is 0 Å². The van der Waals surface area contributed by atoms with Crippen LogP contribution in [0.5, 0.6) is 0 Å². The minimum atomic E-state index is -0.222. The van der Waals surface area contributed by atoms with Crippen molar-refractivity contribution in [1.29, 1.82) is 0 Å². The van der Waals surface area contributed by atoms with Crippen LogP contribution in [0.3, 0.4) is 0 Å². The molecule has 0 N–H and O–H groups in total. The molecular formula is C5H10Cl6. The summed E-state index contributed by atoms with van der Waals surface area (Å²) in [6.07, 6.45) is 0. The normalized spacial score (nSPS) is 7.64. The molecule has 0 radical (unpaired) electrons. The van der Waals surface area contributed by atoms with Gasteiger partial charge in [-0.05, 0) is 6.92 Å². The molecule has 0 aliphatic rings. The van der Waals surface area contributed by atoms with Crippen LogP contribution in [0.4, 0.5) is 0 Å². The molecule has 0 aromatic rings. The summed E-state index contributed by atoms with van der Waals surface area (Å²) >= 11 is 29.7. The van der Waals surface area contributed by atoms with E-state index in [4.69, 9.17) is 69.6 Å². The number of halogens is 6. The molecule has 0 saturated heterocycles. The molecule has 0 aliphatic heterocycles. The van der Waals surface area contributed by atoms with Gasteiger partial charge in [0.05, 0.1) is 5.34 Å². The number of alkyl halides is 6. The summed E-state index contributed by atoms with van der Waals surface area (Å²) in [4.78, 5) is -0.222. The standard InChI is InChI=1S/2C2H4Cl2.CH2Cl2/c1-2(3)4;3-1-2-4;2-1-3/h2H,1H3;1-2H2;1H2. The summed E-state index contributed by atoms with van der Waals surface area (Å²) in [5.74, 6) is 1.11. The largest absolute Gasteiger partial charge is 0.125 e. The van der Waals surface area contributed by atoms with Crippen molar-refractivity contribution < 1.29 is 0 Å². The Balaban J connectivity index is -0.0000000886. The molecule has 0 aliphatic carbocycles. The molecule has 0 rings (SSSR count). The van der Waals surface area contributed by atoms with Crippen LogP contribution in [0.15, 0.2) is 0 Å². The van der Waals surface area contributed by atoms with Gasteiger partial charge < -0.3 is 0 Å². The maximum Gasteiger partial charge on any atom is 0.105 e. The Labute approximate surface area is 98.0 Å². The molecular weight excluding hydrogens is 273 g/mol. The van der Waals surface area contributed by atoms with Crippen molar-refractivity contribution in [2.75, 3.05) is 17.1 Å². The van der Waals surface area contributed by atoms with Crippen LogP contribution in [-0.4, -0.2) is 21.9 Å². The minimum Gasteiger partial charge on any atom is -0.125 e. The first-order chi connectivity index (χ1) is 5.06. The lowest BCUT2D eigenvalue weighted by Crippen LogP contribution is -1.63. The molecule has 0 aromatic heterocycles. The molecule has 0 bridgehead atoms. The summed E-state index contributed by atoms with van der Waals surface area (Å²) in [7, 11) is 0. The molecule has 0 amide bonds. The van der Waals surface area contributed by atoms with Crippen LogP contribution in [0, 0.1) is 0 Å². The molecule has 0 saturated carbocycles. The Morgan fingerprint density at radius 2 is 1.00 bits per heavy atom.